The third-order valence-electron chi connectivity index (χ3n) is 9.04. The summed E-state index contributed by atoms with van der Waals surface area (Å²) in [5, 5.41) is 7.29. The average Bonchev–Trinajstić information content (AvgIpc) is 3.08. The highest BCUT2D eigenvalue weighted by Crippen LogP contribution is 2.29. The molecular weight excluding hydrogens is 592 g/mol. The lowest BCUT2D eigenvalue weighted by Gasteiger charge is -2.28. The summed E-state index contributed by atoms with van der Waals surface area (Å²) in [6.45, 7) is 13.4. The highest BCUT2D eigenvalue weighted by atomic mass is 16.5. The molecule has 6 nitrogen and oxygen atoms in total. The molecule has 0 aliphatic heterocycles. The SMILES string of the molecule is COc1ccc(NC(=N[C@@H]2CCCC[C@H]2N=C(Nc2ccc(OC)cc2)c2ccc(C(C)(C)C)cc2)c2ccc(C(C)(C)C)cc2)cc1. The average molecular weight is 645 g/mol. The van der Waals surface area contributed by atoms with Gasteiger partial charge in [-0.15, -0.1) is 0 Å². The molecule has 6 heteroatoms. The third kappa shape index (κ3) is 9.06. The number of anilines is 2. The summed E-state index contributed by atoms with van der Waals surface area (Å²) in [5.74, 6) is 3.35. The molecule has 1 saturated carbocycles. The molecule has 0 aromatic heterocycles. The Bertz CT molecular complexity index is 1550. The van der Waals surface area contributed by atoms with Crippen LogP contribution in [-0.2, 0) is 10.8 Å². The van der Waals surface area contributed by atoms with Gasteiger partial charge >= 0.3 is 0 Å². The summed E-state index contributed by atoms with van der Waals surface area (Å²) < 4.78 is 10.8. The smallest absolute Gasteiger partial charge is 0.133 e. The maximum absolute atomic E-state index is 5.46. The predicted octanol–water partition coefficient (Wildman–Crippen LogP) is 10.0. The van der Waals surface area contributed by atoms with E-state index < -0.39 is 0 Å². The van der Waals surface area contributed by atoms with E-state index in [1.54, 1.807) is 14.2 Å². The Hall–Kier alpha value is -4.58. The van der Waals surface area contributed by atoms with Gasteiger partial charge in [-0.25, -0.2) is 0 Å². The highest BCUT2D eigenvalue weighted by Gasteiger charge is 2.27. The van der Waals surface area contributed by atoms with Crippen LogP contribution in [-0.4, -0.2) is 38.0 Å². The number of amidine groups is 2. The first-order valence-corrected chi connectivity index (χ1v) is 17.1. The molecule has 0 bridgehead atoms. The Morgan fingerprint density at radius 1 is 0.521 bits per heavy atom. The molecular formula is C42H52N4O2. The molecule has 2 N–H and O–H groups in total. The van der Waals surface area contributed by atoms with Crippen LogP contribution in [0.1, 0.15) is 89.5 Å². The number of hydrogen-bond acceptors (Lipinski definition) is 4. The van der Waals surface area contributed by atoms with E-state index in [2.05, 4.69) is 101 Å². The van der Waals surface area contributed by atoms with Gasteiger partial charge in [0.05, 0.1) is 26.3 Å². The van der Waals surface area contributed by atoms with Crippen LogP contribution in [0.3, 0.4) is 0 Å². The molecule has 252 valence electrons. The summed E-state index contributed by atoms with van der Waals surface area (Å²) in [4.78, 5) is 10.9. The van der Waals surface area contributed by atoms with E-state index in [0.717, 1.165) is 71.4 Å². The molecule has 1 aliphatic carbocycles. The molecule has 2 atom stereocenters. The topological polar surface area (TPSA) is 67.2 Å². The number of nitrogens with zero attached hydrogens (tertiary/aromatic N) is 2. The molecule has 0 radical (unpaired) electrons. The fourth-order valence-electron chi connectivity index (χ4n) is 5.96. The van der Waals surface area contributed by atoms with E-state index in [4.69, 9.17) is 19.5 Å². The zero-order chi connectivity index (χ0) is 34.3. The van der Waals surface area contributed by atoms with Crippen LogP contribution < -0.4 is 20.1 Å². The van der Waals surface area contributed by atoms with Crippen molar-refractivity contribution in [2.45, 2.75) is 90.1 Å². The second-order valence-corrected chi connectivity index (χ2v) is 14.7. The lowest BCUT2D eigenvalue weighted by molar-refractivity contribution is 0.388. The Labute approximate surface area is 287 Å². The Kier molecular flexibility index (Phi) is 10.9. The first-order valence-electron chi connectivity index (χ1n) is 17.1. The molecule has 0 unspecified atom stereocenters. The number of methoxy groups -OCH3 is 2. The summed E-state index contributed by atoms with van der Waals surface area (Å²) in [5.41, 5.74) is 6.77. The van der Waals surface area contributed by atoms with Gasteiger partial charge < -0.3 is 20.1 Å². The minimum atomic E-state index is 0.0170. The number of ether oxygens (including phenoxy) is 2. The van der Waals surface area contributed by atoms with Crippen LogP contribution >= 0.6 is 0 Å². The second-order valence-electron chi connectivity index (χ2n) is 14.7. The highest BCUT2D eigenvalue weighted by molar-refractivity contribution is 6.09. The van der Waals surface area contributed by atoms with Gasteiger partial charge in [0.25, 0.3) is 0 Å². The standard InChI is InChI=1S/C42H52N4O2/c1-41(2,3)31-17-13-29(14-18-31)39(43-33-21-25-35(47-7)26-22-33)45-37-11-9-10-12-38(37)46-40(44-34-23-27-36(48-8)28-24-34)30-15-19-32(20-16-30)42(4,5)6/h13-28,37-38H,9-12H2,1-8H3,(H,43,45)(H,44,46)/t37-,38-/m1/s1. The molecule has 1 aliphatic rings. The van der Waals surface area contributed by atoms with Gasteiger partial charge in [-0.2, -0.15) is 0 Å². The number of benzene rings is 4. The van der Waals surface area contributed by atoms with Crippen molar-refractivity contribution < 1.29 is 9.47 Å². The Balaban J connectivity index is 1.54. The van der Waals surface area contributed by atoms with Gasteiger partial charge in [0.15, 0.2) is 0 Å². The van der Waals surface area contributed by atoms with Crippen LogP contribution in [0.2, 0.25) is 0 Å². The molecule has 5 rings (SSSR count). The van der Waals surface area contributed by atoms with Crippen LogP contribution in [0.15, 0.2) is 107 Å². The van der Waals surface area contributed by atoms with Crippen LogP contribution in [0.25, 0.3) is 0 Å². The zero-order valence-corrected chi connectivity index (χ0v) is 29.9. The quantitative estimate of drug-likeness (QED) is 0.148. The Morgan fingerprint density at radius 2 is 0.854 bits per heavy atom. The first kappa shape index (κ1) is 34.7. The normalized spacial score (nSPS) is 17.5. The van der Waals surface area contributed by atoms with Crippen LogP contribution in [0, 0.1) is 0 Å². The van der Waals surface area contributed by atoms with Crippen molar-refractivity contribution >= 4 is 23.0 Å². The van der Waals surface area contributed by atoms with E-state index in [1.807, 2.05) is 48.5 Å². The van der Waals surface area contributed by atoms with Crippen LogP contribution in [0.4, 0.5) is 11.4 Å². The lowest BCUT2D eigenvalue weighted by atomic mass is 9.86. The molecule has 0 saturated heterocycles. The fraction of sp³-hybridized carbons (Fsp3) is 0.381. The van der Waals surface area contributed by atoms with E-state index in [9.17, 15) is 0 Å². The molecule has 4 aromatic carbocycles. The van der Waals surface area contributed by atoms with Crippen molar-refractivity contribution in [3.8, 4) is 11.5 Å². The van der Waals surface area contributed by atoms with Gasteiger partial charge in [0, 0.05) is 22.5 Å². The lowest BCUT2D eigenvalue weighted by Crippen LogP contribution is -2.32. The van der Waals surface area contributed by atoms with E-state index in [1.165, 1.54) is 11.1 Å². The number of aliphatic imine (C=N–C) groups is 2. The second kappa shape index (κ2) is 15.1. The molecule has 4 aromatic rings. The summed E-state index contributed by atoms with van der Waals surface area (Å²) >= 11 is 0. The zero-order valence-electron chi connectivity index (χ0n) is 29.9. The van der Waals surface area contributed by atoms with Gasteiger partial charge in [0.1, 0.15) is 23.2 Å². The Morgan fingerprint density at radius 3 is 1.15 bits per heavy atom. The van der Waals surface area contributed by atoms with E-state index in [0.29, 0.717) is 0 Å². The minimum absolute atomic E-state index is 0.0170. The maximum atomic E-state index is 5.46. The molecule has 0 spiro atoms. The van der Waals surface area contributed by atoms with Crippen molar-refractivity contribution in [1.82, 2.24) is 0 Å². The summed E-state index contributed by atoms with van der Waals surface area (Å²) in [6.07, 6.45) is 4.20. The predicted molar refractivity (Wildman–Crippen MR) is 203 cm³/mol. The molecule has 0 heterocycles. The first-order chi connectivity index (χ1) is 22.9. The van der Waals surface area contributed by atoms with Gasteiger partial charge in [-0.1, -0.05) is 103 Å². The summed E-state index contributed by atoms with van der Waals surface area (Å²) in [7, 11) is 3.37. The third-order valence-corrected chi connectivity index (χ3v) is 9.04. The van der Waals surface area contributed by atoms with Crippen molar-refractivity contribution in [3.63, 3.8) is 0 Å². The monoisotopic (exact) mass is 644 g/mol. The fourth-order valence-corrected chi connectivity index (χ4v) is 5.96. The van der Waals surface area contributed by atoms with Gasteiger partial charge in [0.2, 0.25) is 0 Å². The van der Waals surface area contributed by atoms with E-state index >= 15 is 0 Å². The largest absolute Gasteiger partial charge is 0.497 e. The number of hydrogen-bond donors (Lipinski definition) is 2. The van der Waals surface area contributed by atoms with E-state index in [-0.39, 0.29) is 22.9 Å². The maximum Gasteiger partial charge on any atom is 0.133 e. The van der Waals surface area contributed by atoms with Crippen molar-refractivity contribution in [3.05, 3.63) is 119 Å². The number of nitrogens with one attached hydrogen (secondary N) is 2. The van der Waals surface area contributed by atoms with Crippen LogP contribution in [0.5, 0.6) is 11.5 Å². The van der Waals surface area contributed by atoms with Gasteiger partial charge in [-0.05, 0) is 83.3 Å². The van der Waals surface area contributed by atoms with Crippen molar-refractivity contribution in [1.29, 1.82) is 0 Å². The van der Waals surface area contributed by atoms with Gasteiger partial charge in [-0.3, -0.25) is 9.98 Å². The van der Waals surface area contributed by atoms with Crippen molar-refractivity contribution in [2.75, 3.05) is 24.9 Å². The van der Waals surface area contributed by atoms with Crippen molar-refractivity contribution in [2.24, 2.45) is 9.98 Å². The summed E-state index contributed by atoms with van der Waals surface area (Å²) in [6, 6.07) is 33.7. The molecule has 48 heavy (non-hydrogen) atoms. The number of rotatable bonds is 8. The molecule has 1 fully saturated rings. The minimum Gasteiger partial charge on any atom is -0.497 e. The molecule has 0 amide bonds.